The Bertz CT molecular complexity index is 2590. The van der Waals surface area contributed by atoms with Gasteiger partial charge in [-0.1, -0.05) is 121 Å². The first-order valence-corrected chi connectivity index (χ1v) is 17.6. The van der Waals surface area contributed by atoms with Gasteiger partial charge in [0, 0.05) is 38.8 Å². The van der Waals surface area contributed by atoms with Gasteiger partial charge in [-0.2, -0.15) is 0 Å². The summed E-state index contributed by atoms with van der Waals surface area (Å²) < 4.78 is 4.89. The lowest BCUT2D eigenvalue weighted by molar-refractivity contribution is 0.350. The van der Waals surface area contributed by atoms with E-state index in [-0.39, 0.29) is 12.3 Å². The Morgan fingerprint density at radius 3 is 2.02 bits per heavy atom. The van der Waals surface area contributed by atoms with Gasteiger partial charge in [0.2, 0.25) is 0 Å². The molecule has 0 radical (unpaired) electrons. The number of hydrogen-bond donors (Lipinski definition) is 2. The first-order valence-electron chi connectivity index (χ1n) is 17.6. The van der Waals surface area contributed by atoms with Crippen molar-refractivity contribution in [1.82, 2.24) is 19.8 Å². The third-order valence-corrected chi connectivity index (χ3v) is 10.5. The van der Waals surface area contributed by atoms with E-state index in [2.05, 4.69) is 190 Å². The Balaban J connectivity index is 1.11. The molecule has 50 heavy (non-hydrogen) atoms. The number of rotatable bonds is 5. The van der Waals surface area contributed by atoms with Crippen molar-refractivity contribution in [3.05, 3.63) is 186 Å². The van der Waals surface area contributed by atoms with Gasteiger partial charge >= 0.3 is 0 Å². The molecule has 0 bridgehead atoms. The summed E-state index contributed by atoms with van der Waals surface area (Å²) in [6.07, 6.45) is 8.91. The summed E-state index contributed by atoms with van der Waals surface area (Å²) in [5.41, 5.74) is 13.6. The van der Waals surface area contributed by atoms with Crippen molar-refractivity contribution < 1.29 is 0 Å². The molecule has 8 aromatic rings. The van der Waals surface area contributed by atoms with Gasteiger partial charge in [0.1, 0.15) is 0 Å². The monoisotopic (exact) mass is 644 g/mol. The molecule has 1 aliphatic heterocycles. The number of hydrogen-bond acceptors (Lipinski definition) is 2. The second-order valence-electron chi connectivity index (χ2n) is 13.4. The van der Waals surface area contributed by atoms with Crippen LogP contribution in [-0.2, 0) is 6.42 Å². The lowest BCUT2D eigenvalue weighted by Crippen LogP contribution is -2.43. The molecule has 2 unspecified atom stereocenters. The Hall–Kier alpha value is -6.10. The van der Waals surface area contributed by atoms with Crippen LogP contribution in [0.1, 0.15) is 41.1 Å². The third-order valence-electron chi connectivity index (χ3n) is 10.5. The normalized spacial score (nSPS) is 17.2. The van der Waals surface area contributed by atoms with Crippen LogP contribution < -0.4 is 10.6 Å². The molecular weight excluding hydrogens is 609 g/mol. The van der Waals surface area contributed by atoms with E-state index in [0.29, 0.717) is 0 Å². The Labute approximate surface area is 291 Å². The Morgan fingerprint density at radius 2 is 1.22 bits per heavy atom. The summed E-state index contributed by atoms with van der Waals surface area (Å²) in [5.74, 6) is 0. The highest BCUT2D eigenvalue weighted by molar-refractivity contribution is 6.09. The van der Waals surface area contributed by atoms with Crippen LogP contribution in [-0.4, -0.2) is 9.13 Å². The summed E-state index contributed by atoms with van der Waals surface area (Å²) in [6.45, 7) is 0. The van der Waals surface area contributed by atoms with E-state index in [1.54, 1.807) is 0 Å². The van der Waals surface area contributed by atoms with E-state index in [0.717, 1.165) is 18.5 Å². The number of para-hydroxylation sites is 2. The van der Waals surface area contributed by atoms with Crippen LogP contribution in [0.3, 0.4) is 0 Å². The number of allylic oxidation sites excluding steroid dienone is 1. The fourth-order valence-electron chi connectivity index (χ4n) is 8.15. The average Bonchev–Trinajstić information content (AvgIpc) is 3.71. The number of nitrogens with one attached hydrogen (secondary N) is 2. The van der Waals surface area contributed by atoms with E-state index in [1.165, 1.54) is 71.9 Å². The fourth-order valence-corrected chi connectivity index (χ4v) is 8.15. The van der Waals surface area contributed by atoms with Crippen molar-refractivity contribution in [2.24, 2.45) is 0 Å². The highest BCUT2D eigenvalue weighted by atomic mass is 15.3. The number of fused-ring (bicyclic) bond motifs is 6. The summed E-state index contributed by atoms with van der Waals surface area (Å²) in [7, 11) is 0. The zero-order chi connectivity index (χ0) is 33.0. The molecule has 10 rings (SSSR count). The Morgan fingerprint density at radius 1 is 0.560 bits per heavy atom. The molecule has 2 N–H and O–H groups in total. The molecule has 1 aliphatic carbocycles. The molecule has 2 aromatic heterocycles. The molecule has 0 saturated heterocycles. The van der Waals surface area contributed by atoms with E-state index in [9.17, 15) is 0 Å². The lowest BCUT2D eigenvalue weighted by Gasteiger charge is -2.34. The van der Waals surface area contributed by atoms with Crippen LogP contribution in [0.5, 0.6) is 0 Å². The van der Waals surface area contributed by atoms with Gasteiger partial charge in [0.15, 0.2) is 6.29 Å². The second kappa shape index (κ2) is 11.8. The number of benzene rings is 6. The smallest absolute Gasteiger partial charge is 0.160 e. The van der Waals surface area contributed by atoms with Gasteiger partial charge in [-0.3, -0.25) is 5.32 Å². The average molecular weight is 645 g/mol. The van der Waals surface area contributed by atoms with Crippen molar-refractivity contribution in [3.8, 4) is 16.8 Å². The summed E-state index contributed by atoms with van der Waals surface area (Å²) in [5, 5.41) is 11.6. The van der Waals surface area contributed by atoms with Crippen molar-refractivity contribution in [1.29, 1.82) is 0 Å². The van der Waals surface area contributed by atoms with Crippen LogP contribution in [0.2, 0.25) is 0 Å². The van der Waals surface area contributed by atoms with Crippen LogP contribution in [0.4, 0.5) is 0 Å². The van der Waals surface area contributed by atoms with Crippen LogP contribution >= 0.6 is 0 Å². The molecule has 0 amide bonds. The molecule has 0 spiro atoms. The van der Waals surface area contributed by atoms with E-state index >= 15 is 0 Å². The molecule has 0 fully saturated rings. The zero-order valence-electron chi connectivity index (χ0n) is 27.6. The molecule has 4 nitrogen and oxygen atoms in total. The SMILES string of the molecule is C1=Cc2c(n(-c3ccccc3)c3ccc(-c4ccc5c(c4)c4ccccc4n5C4NC(c5ccccc5)=CC(c5ccccc5)N4)cc23)CC1. The standard InChI is InChI=1S/C46H36N4/c1-4-14-31(15-5-1)40-30-41(32-16-6-2-7-17-32)48-46(47-40)50-43-23-13-11-21-37(43)39-29-34(25-27-45(39)50)33-24-26-44-38(28-33)36-20-10-12-22-42(36)49(44)35-18-8-3-9-19-35/h1-11,13-21,23-30,40,46-48H,12,22H2. The first kappa shape index (κ1) is 28.9. The first-order chi connectivity index (χ1) is 24.8. The molecule has 0 saturated carbocycles. The third kappa shape index (κ3) is 4.72. The van der Waals surface area contributed by atoms with Crippen molar-refractivity contribution >= 4 is 44.5 Å². The predicted molar refractivity (Wildman–Crippen MR) is 208 cm³/mol. The topological polar surface area (TPSA) is 33.9 Å². The quantitative estimate of drug-likeness (QED) is 0.195. The summed E-state index contributed by atoms with van der Waals surface area (Å²) in [4.78, 5) is 0. The highest BCUT2D eigenvalue weighted by Crippen LogP contribution is 2.39. The molecular formula is C46H36N4. The molecule has 6 aromatic carbocycles. The predicted octanol–water partition coefficient (Wildman–Crippen LogP) is 10.8. The van der Waals surface area contributed by atoms with Gasteiger partial charge in [-0.25, -0.2) is 0 Å². The van der Waals surface area contributed by atoms with Gasteiger partial charge < -0.3 is 14.5 Å². The number of aromatic nitrogens is 2. The Kier molecular flexibility index (Phi) is 6.81. The van der Waals surface area contributed by atoms with Crippen LogP contribution in [0.25, 0.3) is 61.3 Å². The van der Waals surface area contributed by atoms with E-state index in [4.69, 9.17) is 0 Å². The maximum atomic E-state index is 3.93. The molecule has 4 heteroatoms. The van der Waals surface area contributed by atoms with Gasteiger partial charge in [0.25, 0.3) is 0 Å². The van der Waals surface area contributed by atoms with Crippen LogP contribution in [0.15, 0.2) is 164 Å². The number of nitrogens with zero attached hydrogens (tertiary/aromatic N) is 2. The minimum Gasteiger partial charge on any atom is -0.352 e. The van der Waals surface area contributed by atoms with Crippen molar-refractivity contribution in [2.45, 2.75) is 25.2 Å². The lowest BCUT2D eigenvalue weighted by atomic mass is 9.98. The van der Waals surface area contributed by atoms with Gasteiger partial charge in [-0.15, -0.1) is 0 Å². The van der Waals surface area contributed by atoms with E-state index in [1.807, 2.05) is 0 Å². The highest BCUT2D eigenvalue weighted by Gasteiger charge is 2.27. The van der Waals surface area contributed by atoms with Gasteiger partial charge in [-0.05, 0) is 83.6 Å². The molecule has 240 valence electrons. The summed E-state index contributed by atoms with van der Waals surface area (Å²) in [6, 6.07) is 55.0. The second-order valence-corrected chi connectivity index (χ2v) is 13.4. The van der Waals surface area contributed by atoms with E-state index < -0.39 is 0 Å². The van der Waals surface area contributed by atoms with Gasteiger partial charge in [0.05, 0.1) is 22.6 Å². The molecule has 2 atom stereocenters. The van der Waals surface area contributed by atoms with Crippen molar-refractivity contribution in [2.75, 3.05) is 0 Å². The largest absolute Gasteiger partial charge is 0.352 e. The maximum Gasteiger partial charge on any atom is 0.160 e. The zero-order valence-corrected chi connectivity index (χ0v) is 27.6. The fraction of sp³-hybridized carbons (Fsp3) is 0.0870. The maximum absolute atomic E-state index is 3.93. The van der Waals surface area contributed by atoms with Crippen LogP contribution in [0, 0.1) is 0 Å². The molecule has 3 heterocycles. The molecule has 2 aliphatic rings. The van der Waals surface area contributed by atoms with Crippen molar-refractivity contribution in [3.63, 3.8) is 0 Å². The minimum absolute atomic E-state index is 0.0445. The summed E-state index contributed by atoms with van der Waals surface area (Å²) >= 11 is 0. The minimum atomic E-state index is -0.166.